The zero-order valence-electron chi connectivity index (χ0n) is 20.0. The molecular formula is C26H33BF2N2. The van der Waals surface area contributed by atoms with Crippen LogP contribution in [-0.4, -0.2) is 21.6 Å². The van der Waals surface area contributed by atoms with E-state index in [2.05, 4.69) is 52.0 Å². The highest BCUT2D eigenvalue weighted by Gasteiger charge is 2.56. The number of fused-ring (bicyclic) bond motifs is 2. The molecule has 4 rings (SSSR count). The number of halogens is 2. The van der Waals surface area contributed by atoms with Crippen LogP contribution in [0.4, 0.5) is 8.63 Å². The maximum absolute atomic E-state index is 16.2. The summed E-state index contributed by atoms with van der Waals surface area (Å²) in [5.41, 5.74) is 9.96. The summed E-state index contributed by atoms with van der Waals surface area (Å²) in [5, 5.41) is 0. The third-order valence-corrected chi connectivity index (χ3v) is 7.36. The fourth-order valence-corrected chi connectivity index (χ4v) is 5.79. The summed E-state index contributed by atoms with van der Waals surface area (Å²) in [5.74, 6) is 0.428. The monoisotopic (exact) mass is 422 g/mol. The summed E-state index contributed by atoms with van der Waals surface area (Å²) in [6.07, 6.45) is 1.49. The van der Waals surface area contributed by atoms with E-state index in [1.165, 1.54) is 14.5 Å². The molecule has 3 heterocycles. The molecule has 0 N–H and O–H groups in total. The van der Waals surface area contributed by atoms with Gasteiger partial charge in [-0.3, -0.25) is 0 Å². The Morgan fingerprint density at radius 1 is 0.968 bits per heavy atom. The number of aromatic nitrogens is 1. The quantitative estimate of drug-likeness (QED) is 0.469. The molecule has 0 saturated carbocycles. The van der Waals surface area contributed by atoms with Crippen LogP contribution in [0.3, 0.4) is 0 Å². The van der Waals surface area contributed by atoms with E-state index in [0.717, 1.165) is 46.3 Å². The Morgan fingerprint density at radius 3 is 2.10 bits per heavy atom. The second-order valence-electron chi connectivity index (χ2n) is 9.26. The van der Waals surface area contributed by atoms with Crippen LogP contribution < -0.4 is 0 Å². The molecule has 0 unspecified atom stereocenters. The van der Waals surface area contributed by atoms with Crippen LogP contribution in [0.25, 0.3) is 5.57 Å². The van der Waals surface area contributed by atoms with Gasteiger partial charge in [-0.1, -0.05) is 52.0 Å². The number of benzene rings is 1. The van der Waals surface area contributed by atoms with E-state index < -0.39 is 6.97 Å². The van der Waals surface area contributed by atoms with E-state index in [1.54, 1.807) is 0 Å². The van der Waals surface area contributed by atoms with Crippen molar-refractivity contribution < 1.29 is 13.1 Å². The molecule has 2 aliphatic rings. The predicted octanol–water partition coefficient (Wildman–Crippen LogP) is 7.00. The Morgan fingerprint density at radius 2 is 1.58 bits per heavy atom. The Labute approximate surface area is 185 Å². The first-order valence-corrected chi connectivity index (χ1v) is 11.5. The van der Waals surface area contributed by atoms with Crippen LogP contribution in [0.2, 0.25) is 0 Å². The van der Waals surface area contributed by atoms with Gasteiger partial charge in [-0.2, -0.15) is 0 Å². The fraction of sp³-hybridized carbons (Fsp3) is 0.423. The molecule has 0 amide bonds. The van der Waals surface area contributed by atoms with Crippen molar-refractivity contribution in [1.29, 1.82) is 0 Å². The number of allylic oxidation sites excluding steroid dienone is 2. The lowest BCUT2D eigenvalue weighted by molar-refractivity contribution is -0.363. The normalized spacial score (nSPS) is 17.8. The van der Waals surface area contributed by atoms with E-state index in [1.807, 2.05) is 27.7 Å². The van der Waals surface area contributed by atoms with Crippen molar-refractivity contribution in [2.75, 3.05) is 0 Å². The van der Waals surface area contributed by atoms with Gasteiger partial charge in [0.2, 0.25) is 0 Å². The first-order valence-electron chi connectivity index (χ1n) is 11.5. The maximum Gasteiger partial charge on any atom is 0.737 e. The van der Waals surface area contributed by atoms with Crippen LogP contribution in [0.5, 0.6) is 0 Å². The van der Waals surface area contributed by atoms with Crippen LogP contribution in [0, 0.1) is 13.8 Å². The van der Waals surface area contributed by atoms with Gasteiger partial charge >= 0.3 is 6.97 Å². The van der Waals surface area contributed by atoms with Gasteiger partial charge in [0.25, 0.3) is 0 Å². The van der Waals surface area contributed by atoms with E-state index in [4.69, 9.17) is 0 Å². The molecule has 0 spiro atoms. The highest BCUT2D eigenvalue weighted by molar-refractivity contribution is 6.58. The molecule has 0 saturated heterocycles. The van der Waals surface area contributed by atoms with Crippen molar-refractivity contribution in [3.05, 3.63) is 74.8 Å². The highest BCUT2D eigenvalue weighted by atomic mass is 19.2. The molecule has 1 aromatic heterocycles. The van der Waals surface area contributed by atoms with Crippen LogP contribution in [0.1, 0.15) is 87.5 Å². The van der Waals surface area contributed by atoms with E-state index >= 15 is 8.63 Å². The zero-order valence-corrected chi connectivity index (χ0v) is 20.0. The Balaban J connectivity index is 2.16. The van der Waals surface area contributed by atoms with Gasteiger partial charge in [0.15, 0.2) is 5.70 Å². The van der Waals surface area contributed by atoms with Gasteiger partial charge in [-0.25, -0.2) is 0 Å². The minimum Gasteiger partial charge on any atom is -0.393 e. The fourth-order valence-electron chi connectivity index (χ4n) is 5.79. The number of rotatable bonds is 4. The Kier molecular flexibility index (Phi) is 5.15. The average Bonchev–Trinajstić information content (AvgIpc) is 3.13. The van der Waals surface area contributed by atoms with Gasteiger partial charge in [0.05, 0.1) is 5.57 Å². The highest BCUT2D eigenvalue weighted by Crippen LogP contribution is 2.47. The molecule has 2 aliphatic heterocycles. The smallest absolute Gasteiger partial charge is 0.393 e. The third-order valence-electron chi connectivity index (χ3n) is 7.36. The standard InChI is InChI=1S/C26H33BF2N2/c1-9-22-16(5)25-24(21-13-11-20(12-14-21)15(3)4)26-17(6)23(10-2)19(8)31(26)27(28,29)30(25)18(22)7/h11-15H,9-10H2,1-8H3. The summed E-state index contributed by atoms with van der Waals surface area (Å²) < 4.78 is 35.1. The van der Waals surface area contributed by atoms with Crippen molar-refractivity contribution in [1.82, 2.24) is 4.48 Å². The predicted molar refractivity (Wildman–Crippen MR) is 127 cm³/mol. The number of hydrogen-bond acceptors (Lipinski definition) is 0. The van der Waals surface area contributed by atoms with Crippen molar-refractivity contribution in [2.45, 2.75) is 74.1 Å². The van der Waals surface area contributed by atoms with Crippen molar-refractivity contribution in [2.24, 2.45) is 0 Å². The van der Waals surface area contributed by atoms with Gasteiger partial charge in [0, 0.05) is 23.8 Å². The number of hydrogen-bond donors (Lipinski definition) is 0. The first kappa shape index (κ1) is 21.8. The van der Waals surface area contributed by atoms with Crippen molar-refractivity contribution in [3.8, 4) is 0 Å². The molecule has 5 heteroatoms. The second kappa shape index (κ2) is 7.32. The molecule has 1 aromatic carbocycles. The average molecular weight is 422 g/mol. The molecule has 164 valence electrons. The zero-order chi connectivity index (χ0) is 22.8. The molecule has 2 aromatic rings. The Hall–Kier alpha value is -2.43. The van der Waals surface area contributed by atoms with Crippen LogP contribution >= 0.6 is 0 Å². The SMILES string of the molecule is CCC1=C(C)C2=C(c3ccc(C(C)C)cc3)c3c(C)c(CC)c(C)n3[B-](F)(F)[N+]2=C1C. The first-order chi connectivity index (χ1) is 14.6. The van der Waals surface area contributed by atoms with E-state index in [9.17, 15) is 0 Å². The van der Waals surface area contributed by atoms with E-state index in [0.29, 0.717) is 28.7 Å². The summed E-state index contributed by atoms with van der Waals surface area (Å²) in [6.45, 7) is 12.2. The van der Waals surface area contributed by atoms with Gasteiger partial charge in [0.1, 0.15) is 5.71 Å². The topological polar surface area (TPSA) is 7.94 Å². The lowest BCUT2D eigenvalue weighted by Gasteiger charge is -2.34. The van der Waals surface area contributed by atoms with Crippen LogP contribution in [-0.2, 0) is 6.42 Å². The molecule has 2 nitrogen and oxygen atoms in total. The summed E-state index contributed by atoms with van der Waals surface area (Å²) in [7, 11) is 0. The molecule has 0 radical (unpaired) electrons. The van der Waals surface area contributed by atoms with Gasteiger partial charge in [-0.05, 0) is 67.5 Å². The largest absolute Gasteiger partial charge is 0.737 e. The van der Waals surface area contributed by atoms with Crippen molar-refractivity contribution >= 4 is 18.3 Å². The van der Waals surface area contributed by atoms with Gasteiger partial charge < -0.3 is 17.6 Å². The summed E-state index contributed by atoms with van der Waals surface area (Å²) >= 11 is 0. The molecular weight excluding hydrogens is 389 g/mol. The minimum absolute atomic E-state index is 0.428. The van der Waals surface area contributed by atoms with E-state index in [-0.39, 0.29) is 0 Å². The number of nitrogens with zero attached hydrogens (tertiary/aromatic N) is 2. The summed E-state index contributed by atoms with van der Waals surface area (Å²) in [4.78, 5) is 0. The molecule has 0 aliphatic carbocycles. The van der Waals surface area contributed by atoms with Crippen molar-refractivity contribution in [3.63, 3.8) is 0 Å². The summed E-state index contributed by atoms with van der Waals surface area (Å²) in [6, 6.07) is 8.49. The third kappa shape index (κ3) is 2.85. The van der Waals surface area contributed by atoms with Crippen LogP contribution in [0.15, 0.2) is 41.1 Å². The van der Waals surface area contributed by atoms with Gasteiger partial charge in [-0.15, -0.1) is 0 Å². The lowest BCUT2D eigenvalue weighted by atomic mass is 9.83. The Bertz CT molecular complexity index is 1170. The molecule has 31 heavy (non-hydrogen) atoms. The minimum atomic E-state index is -3.96. The molecule has 0 bridgehead atoms. The molecule has 0 fully saturated rings. The lowest BCUT2D eigenvalue weighted by Crippen LogP contribution is -2.51. The second-order valence-corrected chi connectivity index (χ2v) is 9.26. The molecule has 0 atom stereocenters. The maximum atomic E-state index is 16.2.